The topological polar surface area (TPSA) is 73.9 Å². The lowest BCUT2D eigenvalue weighted by Gasteiger charge is -2.21. The highest BCUT2D eigenvalue weighted by Gasteiger charge is 2.31. The highest BCUT2D eigenvalue weighted by atomic mass is 32.2. The first-order chi connectivity index (χ1) is 12.6. The van der Waals surface area contributed by atoms with Crippen LogP contribution >= 0.6 is 0 Å². The third-order valence-electron chi connectivity index (χ3n) is 3.77. The first-order valence-corrected chi connectivity index (χ1v) is 9.40. The predicted molar refractivity (Wildman–Crippen MR) is 89.3 cm³/mol. The largest absolute Gasteiger partial charge is 0.573 e. The van der Waals surface area contributed by atoms with E-state index in [2.05, 4.69) is 9.46 Å². The summed E-state index contributed by atoms with van der Waals surface area (Å²) < 4.78 is 78.6. The minimum absolute atomic E-state index is 0.179. The van der Waals surface area contributed by atoms with Gasteiger partial charge in [-0.1, -0.05) is 6.07 Å². The van der Waals surface area contributed by atoms with E-state index in [4.69, 9.17) is 9.47 Å². The van der Waals surface area contributed by atoms with Crippen molar-refractivity contribution >= 4 is 10.0 Å². The number of nitrogens with one attached hydrogen (secondary N) is 1. The molecule has 0 bridgehead atoms. The van der Waals surface area contributed by atoms with Gasteiger partial charge in [-0.25, -0.2) is 13.1 Å². The van der Waals surface area contributed by atoms with Crippen molar-refractivity contribution in [2.45, 2.75) is 24.2 Å². The van der Waals surface area contributed by atoms with Crippen LogP contribution in [0.4, 0.5) is 13.2 Å². The Morgan fingerprint density at radius 1 is 1.04 bits per heavy atom. The van der Waals surface area contributed by atoms with Crippen LogP contribution in [-0.2, 0) is 10.0 Å². The number of alkyl halides is 3. The SMILES string of the molecule is CC(NS(=O)(=O)c1ccc(OC(F)(F)F)cc1)c1ccc2c(c1)OCCO2. The summed E-state index contributed by atoms with van der Waals surface area (Å²) in [5.74, 6) is 0.611. The van der Waals surface area contributed by atoms with Gasteiger partial charge < -0.3 is 14.2 Å². The number of halogens is 3. The van der Waals surface area contributed by atoms with Gasteiger partial charge in [0.25, 0.3) is 0 Å². The van der Waals surface area contributed by atoms with Gasteiger partial charge in [-0.05, 0) is 48.9 Å². The molecule has 1 unspecified atom stereocenters. The van der Waals surface area contributed by atoms with Crippen LogP contribution in [0.1, 0.15) is 18.5 Å². The van der Waals surface area contributed by atoms with E-state index in [9.17, 15) is 21.6 Å². The zero-order valence-electron chi connectivity index (χ0n) is 14.1. The molecule has 1 aliphatic rings. The summed E-state index contributed by atoms with van der Waals surface area (Å²) in [7, 11) is -3.95. The van der Waals surface area contributed by atoms with Crippen LogP contribution in [0.5, 0.6) is 17.2 Å². The molecule has 0 radical (unpaired) electrons. The van der Waals surface area contributed by atoms with Gasteiger partial charge in [0.15, 0.2) is 11.5 Å². The van der Waals surface area contributed by atoms with E-state index in [-0.39, 0.29) is 4.90 Å². The Hall–Kier alpha value is -2.46. The summed E-state index contributed by atoms with van der Waals surface area (Å²) in [4.78, 5) is -0.179. The molecule has 1 atom stereocenters. The second kappa shape index (κ2) is 7.28. The fraction of sp³-hybridized carbons (Fsp3) is 0.294. The van der Waals surface area contributed by atoms with Crippen LogP contribution in [-0.4, -0.2) is 28.0 Å². The zero-order chi connectivity index (χ0) is 19.7. The number of fused-ring (bicyclic) bond motifs is 1. The van der Waals surface area contributed by atoms with Crippen molar-refractivity contribution in [1.29, 1.82) is 0 Å². The lowest BCUT2D eigenvalue weighted by molar-refractivity contribution is -0.274. The average Bonchev–Trinajstić information content (AvgIpc) is 2.60. The quantitative estimate of drug-likeness (QED) is 0.829. The van der Waals surface area contributed by atoms with Crippen LogP contribution < -0.4 is 18.9 Å². The van der Waals surface area contributed by atoms with Gasteiger partial charge in [-0.2, -0.15) is 0 Å². The maximum atomic E-state index is 12.5. The maximum absolute atomic E-state index is 12.5. The minimum atomic E-state index is -4.84. The molecule has 146 valence electrons. The summed E-state index contributed by atoms with van der Waals surface area (Å²) in [5, 5.41) is 0. The molecule has 27 heavy (non-hydrogen) atoms. The summed E-state index contributed by atoms with van der Waals surface area (Å²) in [5.41, 5.74) is 0.653. The second-order valence-corrected chi connectivity index (χ2v) is 7.48. The molecule has 3 rings (SSSR count). The normalized spacial score (nSPS) is 15.3. The van der Waals surface area contributed by atoms with Crippen molar-refractivity contribution in [1.82, 2.24) is 4.72 Å². The summed E-state index contributed by atoms with van der Waals surface area (Å²) >= 11 is 0. The number of hydrogen-bond acceptors (Lipinski definition) is 5. The van der Waals surface area contributed by atoms with Gasteiger partial charge in [0.05, 0.1) is 4.90 Å². The van der Waals surface area contributed by atoms with Gasteiger partial charge >= 0.3 is 6.36 Å². The molecule has 0 saturated heterocycles. The standard InChI is InChI=1S/C17H16F3NO5S/c1-11(12-2-7-15-16(10-12)25-9-8-24-15)21-27(22,23)14-5-3-13(4-6-14)26-17(18,19)20/h2-7,10-11,21H,8-9H2,1H3. The lowest BCUT2D eigenvalue weighted by Crippen LogP contribution is -2.27. The number of ether oxygens (including phenoxy) is 3. The minimum Gasteiger partial charge on any atom is -0.486 e. The van der Waals surface area contributed by atoms with Crippen LogP contribution in [0.15, 0.2) is 47.4 Å². The highest BCUT2D eigenvalue weighted by molar-refractivity contribution is 7.89. The molecule has 0 aliphatic carbocycles. The molecule has 0 spiro atoms. The summed E-state index contributed by atoms with van der Waals surface area (Å²) in [6.07, 6.45) is -4.84. The first kappa shape index (κ1) is 19.3. The van der Waals surface area contributed by atoms with Gasteiger partial charge in [-0.3, -0.25) is 0 Å². The number of hydrogen-bond donors (Lipinski definition) is 1. The Labute approximate surface area is 153 Å². The van der Waals surface area contributed by atoms with E-state index in [1.54, 1.807) is 25.1 Å². The van der Waals surface area contributed by atoms with Crippen molar-refractivity contribution in [3.05, 3.63) is 48.0 Å². The van der Waals surface area contributed by atoms with E-state index in [1.165, 1.54) is 0 Å². The van der Waals surface area contributed by atoms with Gasteiger partial charge in [0, 0.05) is 6.04 Å². The number of benzene rings is 2. The summed E-state index contributed by atoms with van der Waals surface area (Å²) in [6, 6.07) is 8.45. The molecule has 2 aromatic carbocycles. The molecule has 0 amide bonds. The zero-order valence-corrected chi connectivity index (χ0v) is 14.9. The third-order valence-corrected chi connectivity index (χ3v) is 5.32. The fourth-order valence-corrected chi connectivity index (χ4v) is 3.75. The highest BCUT2D eigenvalue weighted by Crippen LogP contribution is 2.33. The third kappa shape index (κ3) is 4.83. The second-order valence-electron chi connectivity index (χ2n) is 5.77. The van der Waals surface area contributed by atoms with Gasteiger partial charge in [0.2, 0.25) is 10.0 Å². The van der Waals surface area contributed by atoms with Crippen molar-refractivity contribution in [2.24, 2.45) is 0 Å². The van der Waals surface area contributed by atoms with E-state index in [0.29, 0.717) is 30.3 Å². The van der Waals surface area contributed by atoms with Crippen molar-refractivity contribution in [3.63, 3.8) is 0 Å². The molecular formula is C17H16F3NO5S. The Morgan fingerprint density at radius 2 is 1.67 bits per heavy atom. The van der Waals surface area contributed by atoms with E-state index < -0.39 is 28.2 Å². The first-order valence-electron chi connectivity index (χ1n) is 7.92. The van der Waals surface area contributed by atoms with Crippen molar-refractivity contribution in [3.8, 4) is 17.2 Å². The Morgan fingerprint density at radius 3 is 2.30 bits per heavy atom. The Kier molecular flexibility index (Phi) is 5.20. The van der Waals surface area contributed by atoms with Gasteiger partial charge in [-0.15, -0.1) is 13.2 Å². The predicted octanol–water partition coefficient (Wildman–Crippen LogP) is 3.40. The molecule has 0 fully saturated rings. The monoisotopic (exact) mass is 403 g/mol. The molecule has 2 aromatic rings. The Bertz CT molecular complexity index is 913. The molecule has 6 nitrogen and oxygen atoms in total. The number of rotatable bonds is 5. The van der Waals surface area contributed by atoms with Gasteiger partial charge in [0.1, 0.15) is 19.0 Å². The van der Waals surface area contributed by atoms with Crippen molar-refractivity contribution in [2.75, 3.05) is 13.2 Å². The van der Waals surface area contributed by atoms with E-state index in [1.807, 2.05) is 0 Å². The van der Waals surface area contributed by atoms with Crippen LogP contribution in [0.2, 0.25) is 0 Å². The maximum Gasteiger partial charge on any atom is 0.573 e. The molecule has 1 heterocycles. The summed E-state index contributed by atoms with van der Waals surface area (Å²) in [6.45, 7) is 2.50. The molecular weight excluding hydrogens is 387 g/mol. The molecule has 0 saturated carbocycles. The number of sulfonamides is 1. The molecule has 1 aliphatic heterocycles. The lowest BCUT2D eigenvalue weighted by atomic mass is 10.1. The smallest absolute Gasteiger partial charge is 0.486 e. The Balaban J connectivity index is 1.74. The van der Waals surface area contributed by atoms with Crippen LogP contribution in [0.3, 0.4) is 0 Å². The fourth-order valence-electron chi connectivity index (χ4n) is 2.52. The molecule has 10 heteroatoms. The van der Waals surface area contributed by atoms with Crippen LogP contribution in [0, 0.1) is 0 Å². The van der Waals surface area contributed by atoms with E-state index >= 15 is 0 Å². The average molecular weight is 403 g/mol. The molecule has 1 N–H and O–H groups in total. The van der Waals surface area contributed by atoms with Crippen molar-refractivity contribution < 1.29 is 35.8 Å². The molecule has 0 aromatic heterocycles. The van der Waals surface area contributed by atoms with Crippen LogP contribution in [0.25, 0.3) is 0 Å². The van der Waals surface area contributed by atoms with E-state index in [0.717, 1.165) is 24.3 Å².